The molecule has 2 bridgehead atoms. The second-order valence-electron chi connectivity index (χ2n) is 8.29. The van der Waals surface area contributed by atoms with Gasteiger partial charge in [0.1, 0.15) is 5.75 Å². The molecule has 0 unspecified atom stereocenters. The zero-order chi connectivity index (χ0) is 20.0. The molecule has 4 heterocycles. The van der Waals surface area contributed by atoms with E-state index in [0.717, 1.165) is 29.8 Å². The van der Waals surface area contributed by atoms with E-state index < -0.39 is 0 Å². The van der Waals surface area contributed by atoms with E-state index in [1.807, 2.05) is 37.5 Å². The molecule has 2 aromatic heterocycles. The first kappa shape index (κ1) is 18.1. The molecule has 2 aliphatic heterocycles. The largest absolute Gasteiger partial charge is 0.507 e. The lowest BCUT2D eigenvalue weighted by Crippen LogP contribution is -2.47. The number of aromatic hydroxyl groups is 1. The smallest absolute Gasteiger partial charge is 0.151 e. The van der Waals surface area contributed by atoms with Gasteiger partial charge in [-0.25, -0.2) is 0 Å². The van der Waals surface area contributed by atoms with Crippen LogP contribution >= 0.6 is 0 Å². The average molecular weight is 390 g/mol. The molecule has 3 atom stereocenters. The molecule has 7 heteroatoms. The number of aromatic nitrogens is 4. The first-order chi connectivity index (χ1) is 14.1. The molecule has 7 nitrogen and oxygen atoms in total. The van der Waals surface area contributed by atoms with Crippen molar-refractivity contribution in [1.82, 2.24) is 25.3 Å². The van der Waals surface area contributed by atoms with Gasteiger partial charge in [-0.05, 0) is 55.5 Å². The first-order valence-electron chi connectivity index (χ1n) is 10.2. The van der Waals surface area contributed by atoms with Gasteiger partial charge in [0.25, 0.3) is 0 Å². The molecule has 0 amide bonds. The van der Waals surface area contributed by atoms with Gasteiger partial charge < -0.3 is 15.3 Å². The van der Waals surface area contributed by atoms with Crippen molar-refractivity contribution in [3.8, 4) is 28.1 Å². The number of hydrogen-bond donors (Lipinski definition) is 2. The number of benzene rings is 1. The molecule has 5 rings (SSSR count). The predicted molar refractivity (Wildman–Crippen MR) is 113 cm³/mol. The summed E-state index contributed by atoms with van der Waals surface area (Å²) < 4.78 is 1.74. The van der Waals surface area contributed by atoms with Crippen molar-refractivity contribution in [3.05, 3.63) is 42.7 Å². The van der Waals surface area contributed by atoms with Gasteiger partial charge in [0.05, 0.1) is 11.9 Å². The Balaban J connectivity index is 1.34. The zero-order valence-electron chi connectivity index (χ0n) is 16.8. The van der Waals surface area contributed by atoms with Crippen molar-refractivity contribution in [2.75, 3.05) is 11.9 Å². The van der Waals surface area contributed by atoms with Crippen LogP contribution in [0.2, 0.25) is 0 Å². The monoisotopic (exact) mass is 390 g/mol. The van der Waals surface area contributed by atoms with E-state index in [-0.39, 0.29) is 5.75 Å². The third kappa shape index (κ3) is 3.46. The fraction of sp³-hybridized carbons (Fsp3) is 0.409. The highest BCUT2D eigenvalue weighted by atomic mass is 16.3. The molecular formula is C22H26N6O. The molecule has 2 N–H and O–H groups in total. The quantitative estimate of drug-likeness (QED) is 0.713. The number of phenolic OH excluding ortho intramolecular Hbond substituents is 1. The number of aryl methyl sites for hydroxylation is 1. The Hall–Kier alpha value is -2.93. The Morgan fingerprint density at radius 3 is 2.48 bits per heavy atom. The highest BCUT2D eigenvalue weighted by Gasteiger charge is 2.35. The summed E-state index contributed by atoms with van der Waals surface area (Å²) in [6.45, 7) is 0. The summed E-state index contributed by atoms with van der Waals surface area (Å²) in [6.07, 6.45) is 8.60. The van der Waals surface area contributed by atoms with Gasteiger partial charge in [-0.1, -0.05) is 6.07 Å². The lowest BCUT2D eigenvalue weighted by molar-refractivity contribution is 0.353. The standard InChI is InChI=1S/C22H26N6O/c1-27-13-15(12-23-27)14-3-6-19(21(29)9-14)20-7-8-22(26-25-20)28(2)18-10-16-4-5-17(11-18)24-16/h3,6-9,12-13,16-18,24,29H,4-5,10-11H2,1-2H3/t16-,17+,18-. The Morgan fingerprint density at radius 2 is 1.86 bits per heavy atom. The molecular weight excluding hydrogens is 364 g/mol. The van der Waals surface area contributed by atoms with Crippen LogP contribution in [0.1, 0.15) is 25.7 Å². The topological polar surface area (TPSA) is 79.1 Å². The molecule has 2 aliphatic rings. The van der Waals surface area contributed by atoms with E-state index in [4.69, 9.17) is 0 Å². The van der Waals surface area contributed by atoms with Crippen molar-refractivity contribution >= 4 is 5.82 Å². The second kappa shape index (κ2) is 7.15. The van der Waals surface area contributed by atoms with Crippen LogP contribution in [0.3, 0.4) is 0 Å². The summed E-state index contributed by atoms with van der Waals surface area (Å²) in [6, 6.07) is 11.3. The van der Waals surface area contributed by atoms with Crippen LogP contribution in [0.15, 0.2) is 42.7 Å². The first-order valence-corrected chi connectivity index (χ1v) is 10.2. The molecule has 0 spiro atoms. The Kier molecular flexibility index (Phi) is 4.47. The molecule has 150 valence electrons. The maximum atomic E-state index is 10.5. The predicted octanol–water partition coefficient (Wildman–Crippen LogP) is 2.97. The molecule has 0 radical (unpaired) electrons. The summed E-state index contributed by atoms with van der Waals surface area (Å²) in [5, 5.41) is 27.3. The maximum absolute atomic E-state index is 10.5. The summed E-state index contributed by atoms with van der Waals surface area (Å²) >= 11 is 0. The molecule has 0 aliphatic carbocycles. The number of nitrogens with one attached hydrogen (secondary N) is 1. The minimum atomic E-state index is 0.191. The minimum absolute atomic E-state index is 0.191. The number of fused-ring (bicyclic) bond motifs is 2. The van der Waals surface area contributed by atoms with Gasteiger partial charge >= 0.3 is 0 Å². The minimum Gasteiger partial charge on any atom is -0.507 e. The van der Waals surface area contributed by atoms with E-state index in [2.05, 4.69) is 32.6 Å². The molecule has 2 fully saturated rings. The molecule has 29 heavy (non-hydrogen) atoms. The number of rotatable bonds is 4. The van der Waals surface area contributed by atoms with Gasteiger partial charge in [-0.15, -0.1) is 10.2 Å². The number of nitrogens with zero attached hydrogens (tertiary/aromatic N) is 5. The normalized spacial score (nSPS) is 23.3. The van der Waals surface area contributed by atoms with Gasteiger partial charge in [-0.2, -0.15) is 5.10 Å². The molecule has 1 aromatic carbocycles. The second-order valence-corrected chi connectivity index (χ2v) is 8.29. The van der Waals surface area contributed by atoms with E-state index in [9.17, 15) is 5.11 Å². The summed E-state index contributed by atoms with van der Waals surface area (Å²) in [5.74, 6) is 1.07. The van der Waals surface area contributed by atoms with E-state index in [0.29, 0.717) is 29.4 Å². The maximum Gasteiger partial charge on any atom is 0.151 e. The van der Waals surface area contributed by atoms with Crippen LogP contribution in [-0.4, -0.2) is 50.3 Å². The van der Waals surface area contributed by atoms with E-state index in [1.54, 1.807) is 16.9 Å². The van der Waals surface area contributed by atoms with Gasteiger partial charge in [0, 0.05) is 49.5 Å². The van der Waals surface area contributed by atoms with Crippen LogP contribution in [0.5, 0.6) is 5.75 Å². The average Bonchev–Trinajstić information content (AvgIpc) is 3.32. The molecule has 3 aromatic rings. The van der Waals surface area contributed by atoms with Gasteiger partial charge in [-0.3, -0.25) is 4.68 Å². The highest BCUT2D eigenvalue weighted by Crippen LogP contribution is 2.34. The third-order valence-corrected chi connectivity index (χ3v) is 6.32. The highest BCUT2D eigenvalue weighted by molar-refractivity contribution is 5.73. The van der Waals surface area contributed by atoms with Crippen LogP contribution < -0.4 is 10.2 Å². The van der Waals surface area contributed by atoms with Gasteiger partial charge in [0.15, 0.2) is 5.82 Å². The summed E-state index contributed by atoms with van der Waals surface area (Å²) in [4.78, 5) is 2.26. The van der Waals surface area contributed by atoms with Crippen molar-refractivity contribution < 1.29 is 5.11 Å². The van der Waals surface area contributed by atoms with Crippen LogP contribution in [0, 0.1) is 0 Å². The van der Waals surface area contributed by atoms with E-state index in [1.165, 1.54) is 12.8 Å². The van der Waals surface area contributed by atoms with Crippen LogP contribution in [0.4, 0.5) is 5.82 Å². The van der Waals surface area contributed by atoms with Crippen molar-refractivity contribution in [1.29, 1.82) is 0 Å². The van der Waals surface area contributed by atoms with Crippen LogP contribution in [-0.2, 0) is 7.05 Å². The van der Waals surface area contributed by atoms with Crippen molar-refractivity contribution in [2.45, 2.75) is 43.8 Å². The van der Waals surface area contributed by atoms with Crippen molar-refractivity contribution in [2.24, 2.45) is 7.05 Å². The van der Waals surface area contributed by atoms with Gasteiger partial charge in [0.2, 0.25) is 0 Å². The summed E-state index contributed by atoms with van der Waals surface area (Å²) in [5.41, 5.74) is 3.24. The number of anilines is 1. The number of phenols is 1. The van der Waals surface area contributed by atoms with Crippen LogP contribution in [0.25, 0.3) is 22.4 Å². The molecule has 2 saturated heterocycles. The van der Waals surface area contributed by atoms with E-state index >= 15 is 0 Å². The fourth-order valence-corrected chi connectivity index (χ4v) is 4.69. The Labute approximate surface area is 170 Å². The lowest BCUT2D eigenvalue weighted by atomic mass is 9.98. The Bertz CT molecular complexity index is 1000. The fourth-order valence-electron chi connectivity index (χ4n) is 4.69. The van der Waals surface area contributed by atoms with Crippen molar-refractivity contribution in [3.63, 3.8) is 0 Å². The SMILES string of the molecule is CN(c1ccc(-c2ccc(-c3cnn(C)c3)cc2O)nn1)[C@@H]1C[C@H]2CC[C@@H](C1)N2. The molecule has 0 saturated carbocycles. The number of hydrogen-bond acceptors (Lipinski definition) is 6. The zero-order valence-corrected chi connectivity index (χ0v) is 16.8. The lowest BCUT2D eigenvalue weighted by Gasteiger charge is -2.36. The Morgan fingerprint density at radius 1 is 1.07 bits per heavy atom. The number of piperidine rings is 1. The summed E-state index contributed by atoms with van der Waals surface area (Å²) in [7, 11) is 3.99. The third-order valence-electron chi connectivity index (χ3n) is 6.32.